The van der Waals surface area contributed by atoms with E-state index in [1.54, 1.807) is 0 Å². The number of morpholine rings is 1. The molecule has 0 aromatic rings. The Kier molecular flexibility index (Phi) is 1.90. The molecule has 0 saturated carbocycles. The van der Waals surface area contributed by atoms with Crippen LogP contribution in [-0.2, 0) is 4.74 Å². The minimum atomic E-state index is 0.819. The maximum absolute atomic E-state index is 5.16. The second kappa shape index (κ2) is 2.71. The average molecular weight is 112 g/mol. The highest BCUT2D eigenvalue weighted by molar-refractivity contribution is 4.66. The molecule has 8 heavy (non-hydrogen) atoms. The Hall–Kier alpha value is -0.520. The minimum absolute atomic E-state index is 0.819. The van der Waals surface area contributed by atoms with Crippen LogP contribution in [0, 0.1) is 12.5 Å². The lowest BCUT2D eigenvalue weighted by molar-refractivity contribution is -0.839. The van der Waals surface area contributed by atoms with Gasteiger partial charge in [0.2, 0.25) is 0 Å². The summed E-state index contributed by atoms with van der Waals surface area (Å²) < 4.78 is 5.09. The van der Waals surface area contributed by atoms with Crippen LogP contribution in [0.15, 0.2) is 0 Å². The van der Waals surface area contributed by atoms with Crippen molar-refractivity contribution >= 4 is 0 Å². The van der Waals surface area contributed by atoms with Crippen LogP contribution in [0.5, 0.6) is 0 Å². The van der Waals surface area contributed by atoms with Crippen LogP contribution in [0.1, 0.15) is 0 Å². The Bertz CT molecular complexity index is 99.6. The van der Waals surface area contributed by atoms with E-state index in [2.05, 4.69) is 6.04 Å². The first-order valence-electron chi connectivity index (χ1n) is 2.82. The molecule has 0 radical (unpaired) electrons. The molecule has 0 aliphatic carbocycles. The Balaban J connectivity index is 2.25. The summed E-state index contributed by atoms with van der Waals surface area (Å²) in [6, 6.07) is 2.64. The molecule has 1 aliphatic heterocycles. The average Bonchev–Trinajstić information content (AvgIpc) is 1.90. The molecule has 1 aliphatic rings. The smallest absolute Gasteiger partial charge is 0.132 e. The van der Waals surface area contributed by atoms with Crippen molar-refractivity contribution in [3.63, 3.8) is 0 Å². The molecule has 0 amide bonds. The van der Waals surface area contributed by atoms with E-state index in [0.717, 1.165) is 26.3 Å². The molecule has 1 rings (SSSR count). The SMILES string of the molecule is C#C[NH+]1CCOCC1. The van der Waals surface area contributed by atoms with E-state index in [4.69, 9.17) is 11.2 Å². The molecule has 1 N–H and O–H groups in total. The fourth-order valence-electron chi connectivity index (χ4n) is 0.762. The molecule has 0 aromatic carbocycles. The fourth-order valence-corrected chi connectivity index (χ4v) is 0.762. The van der Waals surface area contributed by atoms with Crippen LogP contribution < -0.4 is 4.90 Å². The number of ether oxygens (including phenoxy) is 1. The van der Waals surface area contributed by atoms with Crippen LogP contribution in [0.2, 0.25) is 0 Å². The van der Waals surface area contributed by atoms with E-state index < -0.39 is 0 Å². The summed E-state index contributed by atoms with van der Waals surface area (Å²) in [5.41, 5.74) is 0. The number of hydrogen-bond donors (Lipinski definition) is 1. The van der Waals surface area contributed by atoms with E-state index in [-0.39, 0.29) is 0 Å². The van der Waals surface area contributed by atoms with Gasteiger partial charge in [0.15, 0.2) is 0 Å². The Morgan fingerprint density at radius 2 is 2.00 bits per heavy atom. The van der Waals surface area contributed by atoms with Crippen molar-refractivity contribution in [3.05, 3.63) is 0 Å². The first-order chi connectivity index (χ1) is 3.93. The van der Waals surface area contributed by atoms with Crippen LogP contribution in [-0.4, -0.2) is 26.3 Å². The van der Waals surface area contributed by atoms with E-state index in [9.17, 15) is 0 Å². The first-order valence-corrected chi connectivity index (χ1v) is 2.82. The number of quaternary nitrogens is 1. The highest BCUT2D eigenvalue weighted by atomic mass is 16.5. The number of terminal acetylenes is 1. The van der Waals surface area contributed by atoms with Crippen LogP contribution in [0.3, 0.4) is 0 Å². The molecule has 1 heterocycles. The zero-order chi connectivity index (χ0) is 5.82. The van der Waals surface area contributed by atoms with E-state index in [1.807, 2.05) is 0 Å². The summed E-state index contributed by atoms with van der Waals surface area (Å²) in [5.74, 6) is 0. The van der Waals surface area contributed by atoms with Crippen LogP contribution in [0.4, 0.5) is 0 Å². The summed E-state index contributed by atoms with van der Waals surface area (Å²) in [6.07, 6.45) is 5.16. The minimum Gasteiger partial charge on any atom is -0.370 e. The number of nitrogens with one attached hydrogen (secondary N) is 1. The lowest BCUT2D eigenvalue weighted by Crippen LogP contribution is -3.10. The third kappa shape index (κ3) is 1.22. The van der Waals surface area contributed by atoms with Crippen LogP contribution in [0.25, 0.3) is 0 Å². The molecule has 1 fully saturated rings. The molecular formula is C6H10NO+. The van der Waals surface area contributed by atoms with Crippen LogP contribution >= 0.6 is 0 Å². The van der Waals surface area contributed by atoms with Crippen molar-refractivity contribution in [1.29, 1.82) is 0 Å². The highest BCUT2D eigenvalue weighted by Gasteiger charge is 2.09. The molecule has 0 bridgehead atoms. The highest BCUT2D eigenvalue weighted by Crippen LogP contribution is 1.72. The summed E-state index contributed by atoms with van der Waals surface area (Å²) >= 11 is 0. The number of rotatable bonds is 0. The molecule has 2 nitrogen and oxygen atoms in total. The van der Waals surface area contributed by atoms with Gasteiger partial charge in [0.05, 0.1) is 13.2 Å². The van der Waals surface area contributed by atoms with Crippen molar-refractivity contribution in [2.24, 2.45) is 0 Å². The van der Waals surface area contributed by atoms with Gasteiger partial charge in [-0.15, -0.1) is 0 Å². The van der Waals surface area contributed by atoms with Gasteiger partial charge in [-0.2, -0.15) is 0 Å². The Labute approximate surface area is 49.4 Å². The van der Waals surface area contributed by atoms with Gasteiger partial charge >= 0.3 is 0 Å². The van der Waals surface area contributed by atoms with Crippen molar-refractivity contribution < 1.29 is 9.64 Å². The maximum atomic E-state index is 5.16. The summed E-state index contributed by atoms with van der Waals surface area (Å²) in [4.78, 5) is 1.20. The van der Waals surface area contributed by atoms with Gasteiger partial charge in [0, 0.05) is 0 Å². The van der Waals surface area contributed by atoms with Crippen molar-refractivity contribution in [2.45, 2.75) is 0 Å². The molecular weight excluding hydrogens is 102 g/mol. The predicted octanol–water partition coefficient (Wildman–Crippen LogP) is -1.51. The van der Waals surface area contributed by atoms with Gasteiger partial charge < -0.3 is 4.74 Å². The van der Waals surface area contributed by atoms with Crippen molar-refractivity contribution in [3.8, 4) is 12.5 Å². The van der Waals surface area contributed by atoms with E-state index in [1.165, 1.54) is 4.90 Å². The van der Waals surface area contributed by atoms with Crippen molar-refractivity contribution in [2.75, 3.05) is 26.3 Å². The van der Waals surface area contributed by atoms with Gasteiger partial charge in [-0.1, -0.05) is 6.42 Å². The maximum Gasteiger partial charge on any atom is 0.132 e. The molecule has 0 spiro atoms. The second-order valence-electron chi connectivity index (χ2n) is 1.86. The zero-order valence-corrected chi connectivity index (χ0v) is 4.81. The number of hydrogen-bond acceptors (Lipinski definition) is 1. The fraction of sp³-hybridized carbons (Fsp3) is 0.667. The zero-order valence-electron chi connectivity index (χ0n) is 4.81. The topological polar surface area (TPSA) is 13.7 Å². The van der Waals surface area contributed by atoms with E-state index in [0.29, 0.717) is 0 Å². The van der Waals surface area contributed by atoms with Gasteiger partial charge in [0.1, 0.15) is 19.1 Å². The molecule has 0 atom stereocenters. The lowest BCUT2D eigenvalue weighted by Gasteiger charge is -2.16. The standard InChI is InChI=1S/C6H9NO/c1-2-7-3-5-8-6-4-7/h1H,3-6H2/p+1. The summed E-state index contributed by atoms with van der Waals surface area (Å²) in [7, 11) is 0. The normalized spacial score (nSPS) is 22.4. The first kappa shape index (κ1) is 5.61. The predicted molar refractivity (Wildman–Crippen MR) is 30.3 cm³/mol. The molecule has 2 heteroatoms. The molecule has 0 unspecified atom stereocenters. The van der Waals surface area contributed by atoms with Gasteiger partial charge in [-0.05, 0) is 0 Å². The summed E-state index contributed by atoms with van der Waals surface area (Å²) in [6.45, 7) is 3.58. The second-order valence-corrected chi connectivity index (χ2v) is 1.86. The molecule has 0 aromatic heterocycles. The van der Waals surface area contributed by atoms with E-state index >= 15 is 0 Å². The van der Waals surface area contributed by atoms with Gasteiger partial charge in [-0.25, -0.2) is 0 Å². The van der Waals surface area contributed by atoms with Crippen molar-refractivity contribution in [1.82, 2.24) is 0 Å². The van der Waals surface area contributed by atoms with Gasteiger partial charge in [0.25, 0.3) is 0 Å². The Morgan fingerprint density at radius 1 is 1.38 bits per heavy atom. The Morgan fingerprint density at radius 3 is 2.38 bits per heavy atom. The summed E-state index contributed by atoms with van der Waals surface area (Å²) in [5, 5.41) is 0. The third-order valence-corrected chi connectivity index (χ3v) is 1.30. The lowest BCUT2D eigenvalue weighted by atomic mass is 10.5. The van der Waals surface area contributed by atoms with Gasteiger partial charge in [-0.3, -0.25) is 4.90 Å². The quantitative estimate of drug-likeness (QED) is 0.376. The third-order valence-electron chi connectivity index (χ3n) is 1.30. The molecule has 1 saturated heterocycles. The largest absolute Gasteiger partial charge is 0.370 e. The monoisotopic (exact) mass is 112 g/mol. The molecule has 44 valence electrons.